The highest BCUT2D eigenvalue weighted by atomic mass is 35.5. The predicted octanol–water partition coefficient (Wildman–Crippen LogP) is 4.96. The van der Waals surface area contributed by atoms with E-state index in [1.165, 1.54) is 11.8 Å². The summed E-state index contributed by atoms with van der Waals surface area (Å²) < 4.78 is 0. The second kappa shape index (κ2) is 7.57. The summed E-state index contributed by atoms with van der Waals surface area (Å²) in [6.45, 7) is 1.78. The summed E-state index contributed by atoms with van der Waals surface area (Å²) in [5.74, 6) is 0.490. The Bertz CT molecular complexity index is 851. The molecule has 0 fully saturated rings. The van der Waals surface area contributed by atoms with Crippen molar-refractivity contribution in [3.8, 4) is 10.7 Å². The molecule has 2 heterocycles. The number of benzene rings is 1. The second-order valence-electron chi connectivity index (χ2n) is 4.79. The number of carbonyl (C=O) groups is 1. The van der Waals surface area contributed by atoms with Gasteiger partial charge in [-0.25, -0.2) is 4.98 Å². The quantitative estimate of drug-likeness (QED) is 0.595. The number of nitrogens with one attached hydrogen (secondary N) is 2. The first-order valence-corrected chi connectivity index (χ1v) is 9.44. The van der Waals surface area contributed by atoms with Crippen molar-refractivity contribution in [1.29, 1.82) is 0 Å². The molecular formula is C15H12Cl2N4OS2. The van der Waals surface area contributed by atoms with E-state index in [9.17, 15) is 4.79 Å². The topological polar surface area (TPSA) is 70.7 Å². The lowest BCUT2D eigenvalue weighted by Gasteiger charge is -2.11. The third-order valence-electron chi connectivity index (χ3n) is 3.08. The number of hydrogen-bond donors (Lipinski definition) is 2. The zero-order chi connectivity index (χ0) is 17.1. The van der Waals surface area contributed by atoms with Gasteiger partial charge in [0.1, 0.15) is 0 Å². The van der Waals surface area contributed by atoms with Gasteiger partial charge in [0, 0.05) is 0 Å². The molecule has 1 aromatic carbocycles. The van der Waals surface area contributed by atoms with Gasteiger partial charge in [-0.1, -0.05) is 47.1 Å². The Morgan fingerprint density at radius 2 is 2.17 bits per heavy atom. The van der Waals surface area contributed by atoms with Gasteiger partial charge < -0.3 is 5.32 Å². The van der Waals surface area contributed by atoms with Crippen LogP contribution in [-0.4, -0.2) is 26.3 Å². The van der Waals surface area contributed by atoms with E-state index in [1.54, 1.807) is 36.5 Å². The second-order valence-corrected chi connectivity index (χ2v) is 7.84. The van der Waals surface area contributed by atoms with Gasteiger partial charge in [-0.2, -0.15) is 0 Å². The normalized spacial score (nSPS) is 12.1. The molecule has 1 atom stereocenters. The first-order chi connectivity index (χ1) is 11.5. The summed E-state index contributed by atoms with van der Waals surface area (Å²) in [4.78, 5) is 17.7. The Morgan fingerprint density at radius 3 is 2.92 bits per heavy atom. The molecule has 124 valence electrons. The Labute approximate surface area is 156 Å². The summed E-state index contributed by atoms with van der Waals surface area (Å²) in [5.41, 5.74) is 0.482. The van der Waals surface area contributed by atoms with E-state index in [2.05, 4.69) is 20.5 Å². The molecule has 3 aromatic rings. The molecule has 0 aliphatic heterocycles. The van der Waals surface area contributed by atoms with Crippen molar-refractivity contribution in [2.45, 2.75) is 17.3 Å². The lowest BCUT2D eigenvalue weighted by atomic mass is 10.3. The summed E-state index contributed by atoms with van der Waals surface area (Å²) in [6.07, 6.45) is 0. The molecule has 0 bridgehead atoms. The molecular weight excluding hydrogens is 387 g/mol. The maximum absolute atomic E-state index is 12.3. The van der Waals surface area contributed by atoms with Crippen LogP contribution < -0.4 is 5.32 Å². The number of anilines is 1. The monoisotopic (exact) mass is 398 g/mol. The summed E-state index contributed by atoms with van der Waals surface area (Å²) in [5, 5.41) is 12.6. The van der Waals surface area contributed by atoms with Crippen molar-refractivity contribution in [1.82, 2.24) is 15.2 Å². The van der Waals surface area contributed by atoms with Crippen molar-refractivity contribution in [3.05, 3.63) is 45.8 Å². The van der Waals surface area contributed by atoms with Crippen molar-refractivity contribution in [3.63, 3.8) is 0 Å². The number of amides is 1. The van der Waals surface area contributed by atoms with E-state index in [0.29, 0.717) is 26.7 Å². The maximum atomic E-state index is 12.3. The molecule has 3 rings (SSSR count). The fraction of sp³-hybridized carbons (Fsp3) is 0.133. The maximum Gasteiger partial charge on any atom is 0.237 e. The minimum atomic E-state index is -0.396. The molecule has 0 radical (unpaired) electrons. The van der Waals surface area contributed by atoms with Crippen LogP contribution in [0.2, 0.25) is 10.0 Å². The van der Waals surface area contributed by atoms with Gasteiger partial charge in [-0.3, -0.25) is 9.89 Å². The van der Waals surface area contributed by atoms with Crippen LogP contribution in [0.1, 0.15) is 6.92 Å². The largest absolute Gasteiger partial charge is 0.324 e. The molecule has 9 heteroatoms. The number of rotatable bonds is 5. The van der Waals surface area contributed by atoms with Gasteiger partial charge in [0.2, 0.25) is 11.1 Å². The van der Waals surface area contributed by atoms with Gasteiger partial charge in [0.05, 0.1) is 25.9 Å². The Morgan fingerprint density at radius 1 is 1.33 bits per heavy atom. The number of hydrogen-bond acceptors (Lipinski definition) is 5. The molecule has 2 aromatic heterocycles. The number of nitrogens with zero attached hydrogens (tertiary/aromatic N) is 2. The minimum Gasteiger partial charge on any atom is -0.324 e. The number of H-pyrrole nitrogens is 1. The van der Waals surface area contributed by atoms with E-state index >= 15 is 0 Å². The third-order valence-corrected chi connectivity index (χ3v) is 5.74. The Hall–Kier alpha value is -1.54. The number of thiophene rings is 1. The van der Waals surface area contributed by atoms with Crippen LogP contribution in [0.5, 0.6) is 0 Å². The molecule has 0 saturated heterocycles. The van der Waals surface area contributed by atoms with Crippen LogP contribution in [0, 0.1) is 0 Å². The highest BCUT2D eigenvalue weighted by Gasteiger charge is 2.19. The molecule has 1 amide bonds. The molecule has 0 aliphatic rings. The highest BCUT2D eigenvalue weighted by molar-refractivity contribution is 8.00. The molecule has 0 saturated carbocycles. The smallest absolute Gasteiger partial charge is 0.237 e. The molecule has 24 heavy (non-hydrogen) atoms. The molecule has 0 aliphatic carbocycles. The molecule has 0 spiro atoms. The van der Waals surface area contributed by atoms with E-state index in [4.69, 9.17) is 23.2 Å². The van der Waals surface area contributed by atoms with Gasteiger partial charge in [0.25, 0.3) is 0 Å². The first-order valence-electron chi connectivity index (χ1n) is 6.92. The number of halogens is 2. The zero-order valence-electron chi connectivity index (χ0n) is 12.4. The fourth-order valence-corrected chi connectivity index (χ4v) is 3.61. The number of aromatic amines is 1. The summed E-state index contributed by atoms with van der Waals surface area (Å²) >= 11 is 14.9. The number of aromatic nitrogens is 3. The van der Waals surface area contributed by atoms with Crippen molar-refractivity contribution in [2.24, 2.45) is 0 Å². The third kappa shape index (κ3) is 3.92. The lowest BCUT2D eigenvalue weighted by Crippen LogP contribution is -2.22. The van der Waals surface area contributed by atoms with Gasteiger partial charge in [-0.05, 0) is 30.5 Å². The molecule has 5 nitrogen and oxygen atoms in total. The standard InChI is InChI=1S/C15H12Cl2N4OS2/c1-8(14(22)18-10-5-2-4-9(16)12(10)17)24-15-19-13(20-21-15)11-6-3-7-23-11/h2-8H,1H3,(H,18,22)(H,19,20,21). The van der Waals surface area contributed by atoms with E-state index in [-0.39, 0.29) is 5.91 Å². The van der Waals surface area contributed by atoms with Gasteiger partial charge >= 0.3 is 0 Å². The average Bonchev–Trinajstić information content (AvgIpc) is 3.22. The zero-order valence-corrected chi connectivity index (χ0v) is 15.6. The van der Waals surface area contributed by atoms with Crippen LogP contribution in [0.15, 0.2) is 40.9 Å². The highest BCUT2D eigenvalue weighted by Crippen LogP contribution is 2.31. The minimum absolute atomic E-state index is 0.202. The van der Waals surface area contributed by atoms with E-state index in [0.717, 1.165) is 4.88 Å². The molecule has 1 unspecified atom stereocenters. The van der Waals surface area contributed by atoms with Crippen LogP contribution in [0.25, 0.3) is 10.7 Å². The van der Waals surface area contributed by atoms with Crippen molar-refractivity contribution in [2.75, 3.05) is 5.32 Å². The van der Waals surface area contributed by atoms with Crippen LogP contribution >= 0.6 is 46.3 Å². The van der Waals surface area contributed by atoms with Crippen LogP contribution in [0.4, 0.5) is 5.69 Å². The average molecular weight is 399 g/mol. The number of carbonyl (C=O) groups excluding carboxylic acids is 1. The predicted molar refractivity (Wildman–Crippen MR) is 100 cm³/mol. The summed E-state index contributed by atoms with van der Waals surface area (Å²) in [7, 11) is 0. The lowest BCUT2D eigenvalue weighted by molar-refractivity contribution is -0.115. The van der Waals surface area contributed by atoms with Gasteiger partial charge in [0.15, 0.2) is 5.82 Å². The fourth-order valence-electron chi connectivity index (χ4n) is 1.87. The van der Waals surface area contributed by atoms with Gasteiger partial charge in [-0.15, -0.1) is 16.4 Å². The molecule has 2 N–H and O–H groups in total. The van der Waals surface area contributed by atoms with Crippen molar-refractivity contribution < 1.29 is 4.79 Å². The summed E-state index contributed by atoms with van der Waals surface area (Å²) in [6, 6.07) is 8.99. The van der Waals surface area contributed by atoms with Crippen LogP contribution in [-0.2, 0) is 4.79 Å². The Kier molecular flexibility index (Phi) is 5.45. The van der Waals surface area contributed by atoms with E-state index < -0.39 is 5.25 Å². The SMILES string of the molecule is CC(Sc1n[nH]c(-c2cccs2)n1)C(=O)Nc1cccc(Cl)c1Cl. The Balaban J connectivity index is 1.65. The first kappa shape index (κ1) is 17.3. The number of thioether (sulfide) groups is 1. The van der Waals surface area contributed by atoms with Crippen molar-refractivity contribution >= 4 is 57.9 Å². The van der Waals surface area contributed by atoms with E-state index in [1.807, 2.05) is 17.5 Å². The van der Waals surface area contributed by atoms with Crippen LogP contribution in [0.3, 0.4) is 0 Å².